The normalized spacial score (nSPS) is 28.3. The van der Waals surface area contributed by atoms with Crippen LogP contribution in [0.1, 0.15) is 40.0 Å². The van der Waals surface area contributed by atoms with Crippen LogP contribution in [0.2, 0.25) is 0 Å². The Morgan fingerprint density at radius 2 is 1.50 bits per heavy atom. The molecule has 1 atom stereocenters. The minimum Gasteiger partial charge on any atom is -0.309 e. The molecule has 86 valence electrons. The van der Waals surface area contributed by atoms with Crippen LogP contribution in [-0.2, 0) is 0 Å². The summed E-state index contributed by atoms with van der Waals surface area (Å²) in [5.74, 6) is -2.40. The highest BCUT2D eigenvalue weighted by molar-refractivity contribution is 5.10. The molecule has 0 heterocycles. The van der Waals surface area contributed by atoms with Crippen LogP contribution in [-0.4, -0.2) is 31.5 Å². The zero-order valence-corrected chi connectivity index (χ0v) is 10.0. The van der Waals surface area contributed by atoms with Gasteiger partial charge in [-0.2, -0.15) is 0 Å². The van der Waals surface area contributed by atoms with Crippen molar-refractivity contribution in [3.8, 4) is 0 Å². The largest absolute Gasteiger partial charge is 0.309 e. The molecule has 1 saturated carbocycles. The lowest BCUT2D eigenvalue weighted by atomic mass is 10.0. The van der Waals surface area contributed by atoms with Crippen molar-refractivity contribution in [2.45, 2.75) is 46.0 Å². The SMILES string of the molecule is CCC.CCC1(CN(C)C)CC1(F)F. The van der Waals surface area contributed by atoms with Crippen LogP contribution in [0.5, 0.6) is 0 Å². The molecule has 1 unspecified atom stereocenters. The fourth-order valence-corrected chi connectivity index (χ4v) is 1.65. The minimum atomic E-state index is -2.40. The van der Waals surface area contributed by atoms with E-state index in [2.05, 4.69) is 13.8 Å². The van der Waals surface area contributed by atoms with Crippen molar-refractivity contribution in [3.63, 3.8) is 0 Å². The molecule has 0 saturated heterocycles. The standard InChI is InChI=1S/C8H15F2N.C3H8/c1-4-7(6-11(2)3)5-8(7,9)10;1-3-2/h4-6H2,1-3H3;3H2,1-2H3. The molecule has 1 nitrogen and oxygen atoms in total. The summed E-state index contributed by atoms with van der Waals surface area (Å²) in [6.45, 7) is 6.60. The first-order valence-corrected chi connectivity index (χ1v) is 5.37. The van der Waals surface area contributed by atoms with E-state index in [1.807, 2.05) is 25.9 Å². The Morgan fingerprint density at radius 1 is 1.14 bits per heavy atom. The summed E-state index contributed by atoms with van der Waals surface area (Å²) in [6.07, 6.45) is 1.91. The van der Waals surface area contributed by atoms with Gasteiger partial charge < -0.3 is 4.90 Å². The lowest BCUT2D eigenvalue weighted by Crippen LogP contribution is -2.26. The fraction of sp³-hybridized carbons (Fsp3) is 1.00. The molecular weight excluding hydrogens is 184 g/mol. The summed E-state index contributed by atoms with van der Waals surface area (Å²) in [6, 6.07) is 0. The first-order valence-electron chi connectivity index (χ1n) is 5.37. The van der Waals surface area contributed by atoms with Crippen LogP contribution >= 0.6 is 0 Å². The van der Waals surface area contributed by atoms with Gasteiger partial charge in [0.1, 0.15) is 0 Å². The van der Waals surface area contributed by atoms with Crippen LogP contribution in [0.3, 0.4) is 0 Å². The summed E-state index contributed by atoms with van der Waals surface area (Å²) in [4.78, 5) is 1.84. The lowest BCUT2D eigenvalue weighted by molar-refractivity contribution is 0.0511. The topological polar surface area (TPSA) is 3.24 Å². The van der Waals surface area contributed by atoms with Gasteiger partial charge in [0.2, 0.25) is 0 Å². The molecule has 0 radical (unpaired) electrons. The Hall–Kier alpha value is -0.180. The van der Waals surface area contributed by atoms with Crippen molar-refractivity contribution < 1.29 is 8.78 Å². The number of rotatable bonds is 3. The van der Waals surface area contributed by atoms with Crippen molar-refractivity contribution >= 4 is 0 Å². The zero-order valence-electron chi connectivity index (χ0n) is 10.0. The number of alkyl halides is 2. The highest BCUT2D eigenvalue weighted by atomic mass is 19.3. The third-order valence-corrected chi connectivity index (χ3v) is 2.51. The molecule has 0 bridgehead atoms. The maximum Gasteiger partial charge on any atom is 0.255 e. The number of nitrogens with zero attached hydrogens (tertiary/aromatic N) is 1. The van der Waals surface area contributed by atoms with E-state index in [0.29, 0.717) is 13.0 Å². The van der Waals surface area contributed by atoms with Crippen LogP contribution in [0, 0.1) is 5.41 Å². The molecule has 0 aromatic carbocycles. The van der Waals surface area contributed by atoms with Gasteiger partial charge in [-0.25, -0.2) is 8.78 Å². The summed E-state index contributed by atoms with van der Waals surface area (Å²) in [5.41, 5.74) is -0.698. The first kappa shape index (κ1) is 13.8. The van der Waals surface area contributed by atoms with Gasteiger partial charge in [-0.3, -0.25) is 0 Å². The second-order valence-corrected chi connectivity index (χ2v) is 4.46. The number of halogens is 2. The van der Waals surface area contributed by atoms with E-state index >= 15 is 0 Å². The molecule has 1 fully saturated rings. The van der Waals surface area contributed by atoms with Crippen molar-refractivity contribution in [2.75, 3.05) is 20.6 Å². The highest BCUT2D eigenvalue weighted by Crippen LogP contribution is 2.62. The number of hydrogen-bond donors (Lipinski definition) is 0. The van der Waals surface area contributed by atoms with Crippen LogP contribution in [0.15, 0.2) is 0 Å². The van der Waals surface area contributed by atoms with E-state index < -0.39 is 11.3 Å². The Balaban J connectivity index is 0.000000500. The second-order valence-electron chi connectivity index (χ2n) is 4.46. The monoisotopic (exact) mass is 207 g/mol. The van der Waals surface area contributed by atoms with Gasteiger partial charge in [0.15, 0.2) is 0 Å². The van der Waals surface area contributed by atoms with Gasteiger partial charge in [-0.05, 0) is 20.5 Å². The van der Waals surface area contributed by atoms with Gasteiger partial charge in [0.25, 0.3) is 5.92 Å². The quantitative estimate of drug-likeness (QED) is 0.685. The number of hydrogen-bond acceptors (Lipinski definition) is 1. The Morgan fingerprint density at radius 3 is 1.57 bits per heavy atom. The van der Waals surface area contributed by atoms with Crippen molar-refractivity contribution in [1.29, 1.82) is 0 Å². The van der Waals surface area contributed by atoms with Crippen molar-refractivity contribution in [1.82, 2.24) is 4.90 Å². The van der Waals surface area contributed by atoms with Crippen LogP contribution < -0.4 is 0 Å². The molecule has 0 amide bonds. The molecule has 0 spiro atoms. The van der Waals surface area contributed by atoms with Gasteiger partial charge in [0, 0.05) is 13.0 Å². The highest BCUT2D eigenvalue weighted by Gasteiger charge is 2.69. The van der Waals surface area contributed by atoms with Gasteiger partial charge in [-0.15, -0.1) is 0 Å². The smallest absolute Gasteiger partial charge is 0.255 e. The predicted octanol–water partition coefficient (Wildman–Crippen LogP) is 3.40. The van der Waals surface area contributed by atoms with E-state index in [0.717, 1.165) is 0 Å². The molecule has 1 aliphatic rings. The van der Waals surface area contributed by atoms with Gasteiger partial charge >= 0.3 is 0 Å². The average molecular weight is 207 g/mol. The molecule has 1 aliphatic carbocycles. The van der Waals surface area contributed by atoms with E-state index in [1.54, 1.807) is 0 Å². The van der Waals surface area contributed by atoms with E-state index in [4.69, 9.17) is 0 Å². The Labute approximate surface area is 86.5 Å². The average Bonchev–Trinajstić information content (AvgIpc) is 2.54. The molecule has 3 heteroatoms. The van der Waals surface area contributed by atoms with Crippen molar-refractivity contribution in [2.24, 2.45) is 5.41 Å². The molecule has 0 aromatic heterocycles. The third-order valence-electron chi connectivity index (χ3n) is 2.51. The minimum absolute atomic E-state index is 0.0781. The molecule has 14 heavy (non-hydrogen) atoms. The third kappa shape index (κ3) is 3.19. The van der Waals surface area contributed by atoms with E-state index in [-0.39, 0.29) is 6.42 Å². The van der Waals surface area contributed by atoms with Gasteiger partial charge in [0.05, 0.1) is 5.41 Å². The lowest BCUT2D eigenvalue weighted by Gasteiger charge is -2.18. The van der Waals surface area contributed by atoms with Crippen LogP contribution in [0.25, 0.3) is 0 Å². The molecule has 0 aliphatic heterocycles. The molecule has 1 rings (SSSR count). The summed E-state index contributed by atoms with van der Waals surface area (Å²) in [7, 11) is 3.68. The summed E-state index contributed by atoms with van der Waals surface area (Å²) < 4.78 is 25.6. The maximum atomic E-state index is 12.8. The summed E-state index contributed by atoms with van der Waals surface area (Å²) >= 11 is 0. The fourth-order valence-electron chi connectivity index (χ4n) is 1.65. The van der Waals surface area contributed by atoms with Crippen LogP contribution in [0.4, 0.5) is 8.78 Å². The van der Waals surface area contributed by atoms with Gasteiger partial charge in [-0.1, -0.05) is 27.2 Å². The Bertz CT molecular complexity index is 169. The van der Waals surface area contributed by atoms with E-state index in [9.17, 15) is 8.78 Å². The first-order chi connectivity index (χ1) is 6.35. The predicted molar refractivity (Wildman–Crippen MR) is 56.8 cm³/mol. The molecule has 0 aromatic rings. The zero-order chi connectivity index (χ0) is 11.4. The summed E-state index contributed by atoms with van der Waals surface area (Å²) in [5, 5.41) is 0. The molecule has 0 N–H and O–H groups in total. The molecular formula is C11H23F2N. The second kappa shape index (κ2) is 5.06. The maximum absolute atomic E-state index is 12.8. The van der Waals surface area contributed by atoms with E-state index in [1.165, 1.54) is 6.42 Å². The Kier molecular flexibility index (Phi) is 4.99. The van der Waals surface area contributed by atoms with Crippen molar-refractivity contribution in [3.05, 3.63) is 0 Å².